The summed E-state index contributed by atoms with van der Waals surface area (Å²) in [6.45, 7) is 0.0880. The summed E-state index contributed by atoms with van der Waals surface area (Å²) in [7, 11) is 1.45. The summed E-state index contributed by atoms with van der Waals surface area (Å²) >= 11 is 5.90. The van der Waals surface area contributed by atoms with Crippen LogP contribution in [0, 0.1) is 0 Å². The van der Waals surface area contributed by atoms with Crippen LogP contribution in [0.15, 0.2) is 24.3 Å². The number of primary amides is 1. The molecule has 0 saturated carbocycles. The van der Waals surface area contributed by atoms with E-state index in [1.165, 1.54) is 7.11 Å². The number of ether oxygens (including phenoxy) is 1. The SMILES string of the molecule is COCC(N)C(=O)N[C@H](CC(N)=O)c1cccc(Cl)c1. The Kier molecular flexibility index (Phi) is 6.44. The molecule has 5 N–H and O–H groups in total. The molecule has 0 aromatic heterocycles. The molecule has 0 aliphatic rings. The zero-order valence-electron chi connectivity index (χ0n) is 11.1. The van der Waals surface area contributed by atoms with Gasteiger partial charge in [-0.25, -0.2) is 0 Å². The molecule has 0 spiro atoms. The molecule has 1 rings (SSSR count). The van der Waals surface area contributed by atoms with E-state index in [2.05, 4.69) is 5.32 Å². The van der Waals surface area contributed by atoms with E-state index in [4.69, 9.17) is 27.8 Å². The Bertz CT molecular complexity index is 482. The van der Waals surface area contributed by atoms with Crippen molar-refractivity contribution in [2.24, 2.45) is 11.5 Å². The lowest BCUT2D eigenvalue weighted by Gasteiger charge is -2.20. The number of methoxy groups -OCH3 is 1. The first-order chi connectivity index (χ1) is 9.43. The summed E-state index contributed by atoms with van der Waals surface area (Å²) in [6, 6.07) is 5.47. The van der Waals surface area contributed by atoms with E-state index in [1.54, 1.807) is 24.3 Å². The molecule has 20 heavy (non-hydrogen) atoms. The summed E-state index contributed by atoms with van der Waals surface area (Å²) in [6.07, 6.45) is -0.0359. The fourth-order valence-electron chi connectivity index (χ4n) is 1.71. The van der Waals surface area contributed by atoms with E-state index < -0.39 is 23.9 Å². The van der Waals surface area contributed by atoms with Crippen LogP contribution >= 0.6 is 11.6 Å². The predicted octanol–water partition coefficient (Wildman–Crippen LogP) is 0.346. The third-order valence-electron chi connectivity index (χ3n) is 2.66. The summed E-state index contributed by atoms with van der Waals surface area (Å²) < 4.78 is 4.81. The Morgan fingerprint density at radius 1 is 1.45 bits per heavy atom. The third-order valence-corrected chi connectivity index (χ3v) is 2.89. The van der Waals surface area contributed by atoms with Gasteiger partial charge in [0.15, 0.2) is 0 Å². The predicted molar refractivity (Wildman–Crippen MR) is 76.0 cm³/mol. The Hall–Kier alpha value is -1.63. The second-order valence-electron chi connectivity index (χ2n) is 4.35. The Labute approximate surface area is 122 Å². The maximum atomic E-state index is 11.9. The van der Waals surface area contributed by atoms with Gasteiger partial charge in [-0.3, -0.25) is 9.59 Å². The van der Waals surface area contributed by atoms with Crippen LogP contribution in [0.5, 0.6) is 0 Å². The molecule has 7 heteroatoms. The highest BCUT2D eigenvalue weighted by Gasteiger charge is 2.21. The number of hydrogen-bond donors (Lipinski definition) is 3. The van der Waals surface area contributed by atoms with Gasteiger partial charge >= 0.3 is 0 Å². The van der Waals surface area contributed by atoms with Crippen LogP contribution in [0.3, 0.4) is 0 Å². The molecule has 0 radical (unpaired) electrons. The summed E-state index contributed by atoms with van der Waals surface area (Å²) in [5.74, 6) is -0.950. The van der Waals surface area contributed by atoms with Crippen molar-refractivity contribution in [3.05, 3.63) is 34.9 Å². The molecule has 0 fully saturated rings. The van der Waals surface area contributed by atoms with Crippen molar-refractivity contribution in [2.45, 2.75) is 18.5 Å². The first kappa shape index (κ1) is 16.4. The number of nitrogens with two attached hydrogens (primary N) is 2. The summed E-state index contributed by atoms with van der Waals surface area (Å²) in [4.78, 5) is 23.0. The van der Waals surface area contributed by atoms with Gasteiger partial charge in [-0.05, 0) is 17.7 Å². The Balaban J connectivity index is 2.85. The number of nitrogens with one attached hydrogen (secondary N) is 1. The van der Waals surface area contributed by atoms with Crippen LogP contribution in [0.4, 0.5) is 0 Å². The number of carbonyl (C=O) groups excluding carboxylic acids is 2. The van der Waals surface area contributed by atoms with Crippen LogP contribution < -0.4 is 16.8 Å². The molecular formula is C13H18ClN3O3. The van der Waals surface area contributed by atoms with Crippen molar-refractivity contribution >= 4 is 23.4 Å². The fourth-order valence-corrected chi connectivity index (χ4v) is 1.91. The normalized spacial score (nSPS) is 13.6. The van der Waals surface area contributed by atoms with Gasteiger partial charge in [-0.1, -0.05) is 23.7 Å². The Morgan fingerprint density at radius 3 is 2.70 bits per heavy atom. The van der Waals surface area contributed by atoms with E-state index in [0.717, 1.165) is 0 Å². The van der Waals surface area contributed by atoms with Gasteiger partial charge < -0.3 is 21.5 Å². The van der Waals surface area contributed by atoms with Gasteiger partial charge in [0.05, 0.1) is 19.1 Å². The maximum absolute atomic E-state index is 11.9. The third kappa shape index (κ3) is 5.16. The molecule has 2 atom stereocenters. The highest BCUT2D eigenvalue weighted by Crippen LogP contribution is 2.20. The highest BCUT2D eigenvalue weighted by atomic mass is 35.5. The minimum atomic E-state index is -0.811. The van der Waals surface area contributed by atoms with Gasteiger partial charge in [0.1, 0.15) is 6.04 Å². The lowest BCUT2D eigenvalue weighted by Crippen LogP contribution is -2.45. The summed E-state index contributed by atoms with van der Waals surface area (Å²) in [5.41, 5.74) is 11.5. The van der Waals surface area contributed by atoms with Crippen molar-refractivity contribution in [3.63, 3.8) is 0 Å². The number of halogens is 1. The van der Waals surface area contributed by atoms with Gasteiger partial charge in [-0.15, -0.1) is 0 Å². The maximum Gasteiger partial charge on any atom is 0.239 e. The molecule has 1 aromatic rings. The fraction of sp³-hybridized carbons (Fsp3) is 0.385. The van der Waals surface area contributed by atoms with Crippen LogP contribution in [0.1, 0.15) is 18.0 Å². The molecule has 6 nitrogen and oxygen atoms in total. The molecular weight excluding hydrogens is 282 g/mol. The van der Waals surface area contributed by atoms with E-state index in [1.807, 2.05) is 0 Å². The number of carbonyl (C=O) groups is 2. The average Bonchev–Trinajstić information content (AvgIpc) is 2.37. The molecule has 110 valence electrons. The number of benzene rings is 1. The number of rotatable bonds is 7. The smallest absolute Gasteiger partial charge is 0.239 e. The van der Waals surface area contributed by atoms with Crippen molar-refractivity contribution < 1.29 is 14.3 Å². The van der Waals surface area contributed by atoms with Gasteiger partial charge in [0.2, 0.25) is 11.8 Å². The minimum Gasteiger partial charge on any atom is -0.383 e. The first-order valence-corrected chi connectivity index (χ1v) is 6.40. The second kappa shape index (κ2) is 7.84. The topological polar surface area (TPSA) is 107 Å². The average molecular weight is 300 g/mol. The highest BCUT2D eigenvalue weighted by molar-refractivity contribution is 6.30. The van der Waals surface area contributed by atoms with Crippen molar-refractivity contribution in [1.29, 1.82) is 0 Å². The molecule has 1 aromatic carbocycles. The molecule has 1 unspecified atom stereocenters. The molecule has 0 bridgehead atoms. The number of amides is 2. The zero-order valence-corrected chi connectivity index (χ0v) is 11.9. The first-order valence-electron chi connectivity index (χ1n) is 6.02. The van der Waals surface area contributed by atoms with E-state index in [-0.39, 0.29) is 13.0 Å². The van der Waals surface area contributed by atoms with E-state index >= 15 is 0 Å². The van der Waals surface area contributed by atoms with E-state index in [0.29, 0.717) is 10.6 Å². The minimum absolute atomic E-state index is 0.0359. The van der Waals surface area contributed by atoms with Gasteiger partial charge in [0, 0.05) is 12.1 Å². The van der Waals surface area contributed by atoms with Crippen LogP contribution in [0.2, 0.25) is 5.02 Å². The van der Waals surface area contributed by atoms with Gasteiger partial charge in [0.25, 0.3) is 0 Å². The molecule has 0 aliphatic carbocycles. The zero-order chi connectivity index (χ0) is 15.1. The largest absolute Gasteiger partial charge is 0.383 e. The van der Waals surface area contributed by atoms with Crippen LogP contribution in [0.25, 0.3) is 0 Å². The molecule has 2 amide bonds. The van der Waals surface area contributed by atoms with Crippen LogP contribution in [-0.2, 0) is 14.3 Å². The molecule has 0 aliphatic heterocycles. The van der Waals surface area contributed by atoms with Crippen molar-refractivity contribution in [2.75, 3.05) is 13.7 Å². The second-order valence-corrected chi connectivity index (χ2v) is 4.78. The monoisotopic (exact) mass is 299 g/mol. The quantitative estimate of drug-likeness (QED) is 0.675. The summed E-state index contributed by atoms with van der Waals surface area (Å²) in [5, 5.41) is 3.18. The van der Waals surface area contributed by atoms with Crippen molar-refractivity contribution in [1.82, 2.24) is 5.32 Å². The molecule has 0 heterocycles. The lowest BCUT2D eigenvalue weighted by atomic mass is 10.0. The van der Waals surface area contributed by atoms with Crippen LogP contribution in [-0.4, -0.2) is 31.6 Å². The Morgan fingerprint density at radius 2 is 2.15 bits per heavy atom. The van der Waals surface area contributed by atoms with E-state index in [9.17, 15) is 9.59 Å². The van der Waals surface area contributed by atoms with Gasteiger partial charge in [-0.2, -0.15) is 0 Å². The number of hydrogen-bond acceptors (Lipinski definition) is 4. The molecule has 0 saturated heterocycles. The lowest BCUT2D eigenvalue weighted by molar-refractivity contribution is -0.124. The standard InChI is InChI=1S/C13H18ClN3O3/c1-20-7-10(15)13(19)17-11(6-12(16)18)8-3-2-4-9(14)5-8/h2-5,10-11H,6-7,15H2,1H3,(H2,16,18)(H,17,19)/t10?,11-/m1/s1. The van der Waals surface area contributed by atoms with Crippen molar-refractivity contribution in [3.8, 4) is 0 Å².